The molecule has 0 N–H and O–H groups in total. The Morgan fingerprint density at radius 1 is 1.09 bits per heavy atom. The monoisotopic (exact) mass is 212 g/mol. The van der Waals surface area contributed by atoms with Crippen LogP contribution in [0.2, 0.25) is 0 Å². The van der Waals surface area contributed by atoms with Crippen LogP contribution >= 0.6 is 15.9 Å². The summed E-state index contributed by atoms with van der Waals surface area (Å²) >= 11 is 3.47. The Kier molecular flexibility index (Phi) is 3.13. The van der Waals surface area contributed by atoms with Crippen LogP contribution in [0.3, 0.4) is 0 Å². The maximum Gasteiger partial charge on any atom is 0.0178 e. The number of hydrogen-bond donors (Lipinski definition) is 0. The molecular weight excluding hydrogens is 200 g/mol. The molecule has 0 nitrogen and oxygen atoms in total. The van der Waals surface area contributed by atoms with Gasteiger partial charge in [0, 0.05) is 4.47 Å². The topological polar surface area (TPSA) is 0 Å². The molecule has 0 spiro atoms. The Bertz CT molecular complexity index is 241. The van der Waals surface area contributed by atoms with E-state index in [-0.39, 0.29) is 0 Å². The van der Waals surface area contributed by atoms with Gasteiger partial charge in [-0.3, -0.25) is 0 Å². The summed E-state index contributed by atoms with van der Waals surface area (Å²) in [5, 5.41) is 0. The van der Waals surface area contributed by atoms with Crippen molar-refractivity contribution < 1.29 is 0 Å². The van der Waals surface area contributed by atoms with Gasteiger partial charge in [-0.05, 0) is 36.1 Å². The maximum absolute atomic E-state index is 3.47. The molecule has 0 atom stereocenters. The Morgan fingerprint density at radius 3 is 2.27 bits per heavy atom. The van der Waals surface area contributed by atoms with Crippen LogP contribution < -0.4 is 0 Å². The van der Waals surface area contributed by atoms with Gasteiger partial charge >= 0.3 is 0 Å². The summed E-state index contributed by atoms with van der Waals surface area (Å²) in [5.41, 5.74) is 2.93. The van der Waals surface area contributed by atoms with Gasteiger partial charge in [0.1, 0.15) is 0 Å². The average Bonchev–Trinajstić information content (AvgIpc) is 2.04. The molecular formula is C10H13Br. The number of hydrogen-bond acceptors (Lipinski definition) is 0. The van der Waals surface area contributed by atoms with Crippen molar-refractivity contribution >= 4 is 15.9 Å². The van der Waals surface area contributed by atoms with Crippen LogP contribution in [0.25, 0.3) is 0 Å². The van der Waals surface area contributed by atoms with E-state index < -0.39 is 0 Å². The largest absolute Gasteiger partial charge is 0.0613 e. The molecule has 0 radical (unpaired) electrons. The van der Waals surface area contributed by atoms with Gasteiger partial charge in [0.05, 0.1) is 0 Å². The fraction of sp³-hybridized carbons (Fsp3) is 0.400. The zero-order chi connectivity index (χ0) is 8.27. The molecule has 0 aliphatic carbocycles. The lowest BCUT2D eigenvalue weighted by Crippen LogP contribution is -1.89. The van der Waals surface area contributed by atoms with Crippen LogP contribution in [0.15, 0.2) is 22.7 Å². The van der Waals surface area contributed by atoms with Crippen molar-refractivity contribution in [1.29, 1.82) is 0 Å². The molecule has 1 rings (SSSR count). The van der Waals surface area contributed by atoms with Crippen molar-refractivity contribution in [2.45, 2.75) is 26.7 Å². The smallest absolute Gasteiger partial charge is 0.0178 e. The lowest BCUT2D eigenvalue weighted by atomic mass is 10.0. The maximum atomic E-state index is 3.47. The third kappa shape index (κ3) is 2.06. The summed E-state index contributed by atoms with van der Waals surface area (Å²) in [6, 6.07) is 6.51. The Labute approximate surface area is 76.8 Å². The van der Waals surface area contributed by atoms with E-state index in [0.717, 1.165) is 12.8 Å². The van der Waals surface area contributed by atoms with Gasteiger partial charge in [-0.25, -0.2) is 0 Å². The van der Waals surface area contributed by atoms with Gasteiger partial charge in [-0.1, -0.05) is 35.8 Å². The fourth-order valence-electron chi connectivity index (χ4n) is 1.27. The SMILES string of the molecule is CCc1ccc(Br)cc1CC. The molecule has 1 aromatic carbocycles. The predicted molar refractivity (Wildman–Crippen MR) is 52.9 cm³/mol. The van der Waals surface area contributed by atoms with Crippen LogP contribution in [0.5, 0.6) is 0 Å². The number of aryl methyl sites for hydroxylation is 2. The van der Waals surface area contributed by atoms with E-state index in [4.69, 9.17) is 0 Å². The van der Waals surface area contributed by atoms with Crippen molar-refractivity contribution in [3.8, 4) is 0 Å². The Morgan fingerprint density at radius 2 is 1.73 bits per heavy atom. The average molecular weight is 213 g/mol. The van der Waals surface area contributed by atoms with Crippen molar-refractivity contribution in [2.24, 2.45) is 0 Å². The van der Waals surface area contributed by atoms with E-state index in [9.17, 15) is 0 Å². The minimum absolute atomic E-state index is 1.13. The third-order valence-corrected chi connectivity index (χ3v) is 2.42. The lowest BCUT2D eigenvalue weighted by molar-refractivity contribution is 1.03. The lowest BCUT2D eigenvalue weighted by Gasteiger charge is -2.04. The predicted octanol–water partition coefficient (Wildman–Crippen LogP) is 3.57. The van der Waals surface area contributed by atoms with Gasteiger partial charge < -0.3 is 0 Å². The molecule has 11 heavy (non-hydrogen) atoms. The number of benzene rings is 1. The molecule has 1 aromatic rings. The molecule has 0 heterocycles. The number of rotatable bonds is 2. The summed E-state index contributed by atoms with van der Waals surface area (Å²) in [6.07, 6.45) is 2.26. The zero-order valence-corrected chi connectivity index (χ0v) is 8.61. The minimum atomic E-state index is 1.13. The van der Waals surface area contributed by atoms with Crippen LogP contribution in [0.1, 0.15) is 25.0 Å². The molecule has 0 aliphatic rings. The summed E-state index contributed by atoms with van der Waals surface area (Å²) in [4.78, 5) is 0. The van der Waals surface area contributed by atoms with Gasteiger partial charge in [-0.15, -0.1) is 0 Å². The van der Waals surface area contributed by atoms with Gasteiger partial charge in [0.2, 0.25) is 0 Å². The van der Waals surface area contributed by atoms with E-state index in [1.807, 2.05) is 0 Å². The summed E-state index contributed by atoms with van der Waals surface area (Å²) in [5.74, 6) is 0. The van der Waals surface area contributed by atoms with E-state index in [2.05, 4.69) is 48.0 Å². The first-order valence-electron chi connectivity index (χ1n) is 4.05. The molecule has 0 aromatic heterocycles. The molecule has 0 fully saturated rings. The highest BCUT2D eigenvalue weighted by molar-refractivity contribution is 9.10. The van der Waals surface area contributed by atoms with Crippen LogP contribution in [0, 0.1) is 0 Å². The second kappa shape index (κ2) is 3.91. The first-order chi connectivity index (χ1) is 5.27. The molecule has 1 heteroatoms. The first kappa shape index (κ1) is 8.79. The molecule has 0 unspecified atom stereocenters. The summed E-state index contributed by atoms with van der Waals surface area (Å²) < 4.78 is 1.19. The van der Waals surface area contributed by atoms with Gasteiger partial charge in [0.15, 0.2) is 0 Å². The van der Waals surface area contributed by atoms with Crippen molar-refractivity contribution in [2.75, 3.05) is 0 Å². The van der Waals surface area contributed by atoms with Crippen LogP contribution in [-0.2, 0) is 12.8 Å². The molecule has 60 valence electrons. The fourth-order valence-corrected chi connectivity index (χ4v) is 1.68. The molecule has 0 amide bonds. The highest BCUT2D eigenvalue weighted by Crippen LogP contribution is 2.17. The minimum Gasteiger partial charge on any atom is -0.0613 e. The molecule has 0 bridgehead atoms. The normalized spacial score (nSPS) is 10.1. The zero-order valence-electron chi connectivity index (χ0n) is 7.02. The second-order valence-electron chi connectivity index (χ2n) is 2.62. The summed E-state index contributed by atoms with van der Waals surface area (Å²) in [6.45, 7) is 4.39. The first-order valence-corrected chi connectivity index (χ1v) is 4.84. The standard InChI is InChI=1S/C10H13Br/c1-3-8-5-6-10(11)7-9(8)4-2/h5-7H,3-4H2,1-2H3. The van der Waals surface area contributed by atoms with Crippen LogP contribution in [0.4, 0.5) is 0 Å². The quantitative estimate of drug-likeness (QED) is 0.704. The summed E-state index contributed by atoms with van der Waals surface area (Å²) in [7, 11) is 0. The van der Waals surface area contributed by atoms with E-state index in [1.54, 1.807) is 0 Å². The van der Waals surface area contributed by atoms with Crippen molar-refractivity contribution in [3.05, 3.63) is 33.8 Å². The van der Waals surface area contributed by atoms with E-state index >= 15 is 0 Å². The molecule has 0 saturated carbocycles. The highest BCUT2D eigenvalue weighted by Gasteiger charge is 1.97. The Balaban J connectivity index is 3.06. The third-order valence-electron chi connectivity index (χ3n) is 1.93. The number of halogens is 1. The molecule has 0 aliphatic heterocycles. The van der Waals surface area contributed by atoms with Gasteiger partial charge in [-0.2, -0.15) is 0 Å². The van der Waals surface area contributed by atoms with E-state index in [0.29, 0.717) is 0 Å². The molecule has 0 saturated heterocycles. The van der Waals surface area contributed by atoms with E-state index in [1.165, 1.54) is 15.6 Å². The van der Waals surface area contributed by atoms with Crippen molar-refractivity contribution in [3.63, 3.8) is 0 Å². The second-order valence-corrected chi connectivity index (χ2v) is 3.54. The highest BCUT2D eigenvalue weighted by atomic mass is 79.9. The van der Waals surface area contributed by atoms with Crippen LogP contribution in [-0.4, -0.2) is 0 Å². The van der Waals surface area contributed by atoms with Gasteiger partial charge in [0.25, 0.3) is 0 Å². The van der Waals surface area contributed by atoms with Crippen molar-refractivity contribution in [1.82, 2.24) is 0 Å². The Hall–Kier alpha value is -0.300.